The molecule has 0 saturated carbocycles. The molecule has 5 nitrogen and oxygen atoms in total. The Labute approximate surface area is 134 Å². The number of nitrogens with zero attached hydrogens (tertiary/aromatic N) is 1. The van der Waals surface area contributed by atoms with Crippen molar-refractivity contribution >= 4 is 23.6 Å². The SMILES string of the molecule is CCOc1ccc(SCC(=O)N2CCC(C)(C(=O)O)C2)cc1. The highest BCUT2D eigenvalue weighted by Crippen LogP contribution is 2.31. The first kappa shape index (κ1) is 16.7. The molecule has 6 heteroatoms. The van der Waals surface area contributed by atoms with Gasteiger partial charge in [0.1, 0.15) is 5.75 Å². The highest BCUT2D eigenvalue weighted by atomic mass is 32.2. The first-order valence-corrected chi connectivity index (χ1v) is 8.30. The Morgan fingerprint density at radius 3 is 2.59 bits per heavy atom. The molecule has 1 saturated heterocycles. The molecule has 1 aromatic rings. The number of aliphatic carboxylic acids is 1. The lowest BCUT2D eigenvalue weighted by atomic mass is 9.90. The topological polar surface area (TPSA) is 66.8 Å². The second-order valence-electron chi connectivity index (χ2n) is 5.62. The number of benzene rings is 1. The lowest BCUT2D eigenvalue weighted by molar-refractivity contribution is -0.147. The lowest BCUT2D eigenvalue weighted by Gasteiger charge is -2.20. The van der Waals surface area contributed by atoms with Gasteiger partial charge >= 0.3 is 5.97 Å². The van der Waals surface area contributed by atoms with Gasteiger partial charge in [0, 0.05) is 18.0 Å². The predicted molar refractivity (Wildman–Crippen MR) is 85.3 cm³/mol. The zero-order valence-electron chi connectivity index (χ0n) is 12.9. The molecule has 0 aromatic heterocycles. The van der Waals surface area contributed by atoms with Gasteiger partial charge in [-0.2, -0.15) is 0 Å². The monoisotopic (exact) mass is 323 g/mol. The van der Waals surface area contributed by atoms with Crippen molar-refractivity contribution in [3.8, 4) is 5.75 Å². The molecule has 1 aliphatic heterocycles. The number of hydrogen-bond acceptors (Lipinski definition) is 4. The van der Waals surface area contributed by atoms with Crippen LogP contribution in [-0.2, 0) is 9.59 Å². The van der Waals surface area contributed by atoms with Gasteiger partial charge in [0.15, 0.2) is 0 Å². The van der Waals surface area contributed by atoms with Crippen LogP contribution in [0.1, 0.15) is 20.3 Å². The number of ether oxygens (including phenoxy) is 1. The van der Waals surface area contributed by atoms with Crippen LogP contribution in [0.4, 0.5) is 0 Å². The van der Waals surface area contributed by atoms with Crippen molar-refractivity contribution in [3.05, 3.63) is 24.3 Å². The smallest absolute Gasteiger partial charge is 0.311 e. The minimum absolute atomic E-state index is 0.0103. The molecule has 120 valence electrons. The van der Waals surface area contributed by atoms with Gasteiger partial charge in [-0.05, 0) is 44.5 Å². The maximum Gasteiger partial charge on any atom is 0.311 e. The fourth-order valence-electron chi connectivity index (χ4n) is 2.38. The molecule has 1 N–H and O–H groups in total. The van der Waals surface area contributed by atoms with E-state index < -0.39 is 11.4 Å². The summed E-state index contributed by atoms with van der Waals surface area (Å²) < 4.78 is 5.37. The van der Waals surface area contributed by atoms with Gasteiger partial charge in [-0.3, -0.25) is 9.59 Å². The van der Waals surface area contributed by atoms with E-state index in [0.29, 0.717) is 31.9 Å². The molecule has 1 amide bonds. The van der Waals surface area contributed by atoms with Crippen LogP contribution in [0, 0.1) is 5.41 Å². The molecule has 1 unspecified atom stereocenters. The number of rotatable bonds is 6. The second kappa shape index (κ2) is 7.05. The molecule has 0 radical (unpaired) electrons. The van der Waals surface area contributed by atoms with Crippen molar-refractivity contribution in [3.63, 3.8) is 0 Å². The third-order valence-corrected chi connectivity index (χ3v) is 4.84. The fourth-order valence-corrected chi connectivity index (χ4v) is 3.18. The molecule has 0 spiro atoms. The van der Waals surface area contributed by atoms with Gasteiger partial charge in [0.25, 0.3) is 0 Å². The summed E-state index contributed by atoms with van der Waals surface area (Å²) in [5, 5.41) is 9.19. The van der Waals surface area contributed by atoms with Crippen LogP contribution in [0.25, 0.3) is 0 Å². The van der Waals surface area contributed by atoms with E-state index in [9.17, 15) is 14.7 Å². The van der Waals surface area contributed by atoms with Crippen molar-refractivity contribution in [1.82, 2.24) is 4.90 Å². The Morgan fingerprint density at radius 2 is 2.05 bits per heavy atom. The summed E-state index contributed by atoms with van der Waals surface area (Å²) in [5.41, 5.74) is -0.806. The number of carboxylic acid groups (broad SMARTS) is 1. The third-order valence-electron chi connectivity index (χ3n) is 3.84. The lowest BCUT2D eigenvalue weighted by Crippen LogP contribution is -2.35. The molecule has 1 heterocycles. The van der Waals surface area contributed by atoms with E-state index in [-0.39, 0.29) is 5.91 Å². The quantitative estimate of drug-likeness (QED) is 0.815. The Morgan fingerprint density at radius 1 is 1.36 bits per heavy atom. The molecule has 0 bridgehead atoms. The van der Waals surface area contributed by atoms with Gasteiger partial charge in [-0.25, -0.2) is 0 Å². The Kier molecular flexibility index (Phi) is 5.34. The summed E-state index contributed by atoms with van der Waals surface area (Å²) in [6, 6.07) is 7.61. The molecule has 22 heavy (non-hydrogen) atoms. The number of likely N-dealkylation sites (tertiary alicyclic amines) is 1. The van der Waals surface area contributed by atoms with Crippen LogP contribution in [0.2, 0.25) is 0 Å². The van der Waals surface area contributed by atoms with Crippen molar-refractivity contribution in [2.75, 3.05) is 25.4 Å². The Bertz CT molecular complexity index is 546. The summed E-state index contributed by atoms with van der Waals surface area (Å²) in [7, 11) is 0. The van der Waals surface area contributed by atoms with Crippen LogP contribution in [-0.4, -0.2) is 47.3 Å². The van der Waals surface area contributed by atoms with Gasteiger partial charge in [0.05, 0.1) is 17.8 Å². The predicted octanol–water partition coefficient (Wildman–Crippen LogP) is 2.50. The molecular formula is C16H21NO4S. The maximum atomic E-state index is 12.2. The first-order valence-electron chi connectivity index (χ1n) is 7.31. The van der Waals surface area contributed by atoms with Crippen LogP contribution < -0.4 is 4.74 Å². The highest BCUT2D eigenvalue weighted by molar-refractivity contribution is 8.00. The number of hydrogen-bond donors (Lipinski definition) is 1. The van der Waals surface area contributed by atoms with Crippen LogP contribution in [0.15, 0.2) is 29.2 Å². The molecule has 1 fully saturated rings. The Balaban J connectivity index is 1.84. The minimum atomic E-state index is -0.832. The van der Waals surface area contributed by atoms with E-state index in [1.165, 1.54) is 11.8 Å². The van der Waals surface area contributed by atoms with E-state index in [1.54, 1.807) is 11.8 Å². The maximum absolute atomic E-state index is 12.2. The molecule has 0 aliphatic carbocycles. The molecule has 1 atom stereocenters. The third kappa shape index (κ3) is 3.94. The zero-order valence-corrected chi connectivity index (χ0v) is 13.7. The molecule has 1 aromatic carbocycles. The average Bonchev–Trinajstić information content (AvgIpc) is 2.91. The van der Waals surface area contributed by atoms with Crippen molar-refractivity contribution in [1.29, 1.82) is 0 Å². The van der Waals surface area contributed by atoms with Gasteiger partial charge in [0.2, 0.25) is 5.91 Å². The standard InChI is InChI=1S/C16H21NO4S/c1-3-21-12-4-6-13(7-5-12)22-10-14(18)17-9-8-16(2,11-17)15(19)20/h4-7H,3,8-11H2,1-2H3,(H,19,20). The molecular weight excluding hydrogens is 302 g/mol. The van der Waals surface area contributed by atoms with E-state index in [4.69, 9.17) is 4.74 Å². The fraction of sp³-hybridized carbons (Fsp3) is 0.500. The molecule has 2 rings (SSSR count). The largest absolute Gasteiger partial charge is 0.494 e. The van der Waals surface area contributed by atoms with E-state index >= 15 is 0 Å². The normalized spacial score (nSPS) is 20.9. The van der Waals surface area contributed by atoms with Crippen LogP contribution >= 0.6 is 11.8 Å². The van der Waals surface area contributed by atoms with E-state index in [1.807, 2.05) is 31.2 Å². The summed E-state index contributed by atoms with van der Waals surface area (Å²) in [6.07, 6.45) is 0.516. The average molecular weight is 323 g/mol. The number of carboxylic acids is 1. The van der Waals surface area contributed by atoms with Crippen LogP contribution in [0.3, 0.4) is 0 Å². The number of amides is 1. The van der Waals surface area contributed by atoms with Gasteiger partial charge < -0.3 is 14.7 Å². The van der Waals surface area contributed by atoms with Gasteiger partial charge in [-0.15, -0.1) is 11.8 Å². The summed E-state index contributed by atoms with van der Waals surface area (Å²) in [4.78, 5) is 26.0. The summed E-state index contributed by atoms with van der Waals surface area (Å²) >= 11 is 1.46. The van der Waals surface area contributed by atoms with E-state index in [0.717, 1.165) is 10.6 Å². The molecule has 1 aliphatic rings. The van der Waals surface area contributed by atoms with Gasteiger partial charge in [-0.1, -0.05) is 0 Å². The second-order valence-corrected chi connectivity index (χ2v) is 6.67. The number of carbonyl (C=O) groups excluding carboxylic acids is 1. The number of carbonyl (C=O) groups is 2. The van der Waals surface area contributed by atoms with Crippen molar-refractivity contribution in [2.24, 2.45) is 5.41 Å². The minimum Gasteiger partial charge on any atom is -0.494 e. The van der Waals surface area contributed by atoms with Crippen LogP contribution in [0.5, 0.6) is 5.75 Å². The first-order chi connectivity index (χ1) is 10.4. The van der Waals surface area contributed by atoms with E-state index in [2.05, 4.69) is 0 Å². The highest BCUT2D eigenvalue weighted by Gasteiger charge is 2.41. The number of thioether (sulfide) groups is 1. The zero-order chi connectivity index (χ0) is 16.2. The summed E-state index contributed by atoms with van der Waals surface area (Å²) in [6.45, 7) is 5.07. The van der Waals surface area contributed by atoms with Crippen molar-refractivity contribution < 1.29 is 19.4 Å². The van der Waals surface area contributed by atoms with Crippen molar-refractivity contribution in [2.45, 2.75) is 25.2 Å². The summed E-state index contributed by atoms with van der Waals surface area (Å²) in [5.74, 6) is 0.296. The Hall–Kier alpha value is -1.69.